The number of hydrogen-bond acceptors (Lipinski definition) is 3. The zero-order chi connectivity index (χ0) is 13.8. The molecule has 4 nitrogen and oxygen atoms in total. The van der Waals surface area contributed by atoms with Gasteiger partial charge in [-0.15, -0.1) is 0 Å². The largest absolute Gasteiger partial charge is 0.496 e. The standard InChI is InChI=1S/C14H17ClN2O2/c1-17-9-10(8-16-17)6-7-12(18)14-11(15)4-3-5-13(14)19-2/h3-5,8-9,12,18H,6-7H2,1-2H3. The third kappa shape index (κ3) is 3.28. The van der Waals surface area contributed by atoms with Gasteiger partial charge in [0.1, 0.15) is 5.75 Å². The van der Waals surface area contributed by atoms with E-state index in [0.29, 0.717) is 22.8 Å². The first-order valence-electron chi connectivity index (χ1n) is 6.10. The number of nitrogens with zero attached hydrogens (tertiary/aromatic N) is 2. The van der Waals surface area contributed by atoms with Crippen molar-refractivity contribution in [1.29, 1.82) is 0 Å². The molecule has 1 unspecified atom stereocenters. The van der Waals surface area contributed by atoms with Crippen molar-refractivity contribution in [1.82, 2.24) is 9.78 Å². The SMILES string of the molecule is COc1cccc(Cl)c1C(O)CCc1cnn(C)c1. The molecule has 2 aromatic rings. The van der Waals surface area contributed by atoms with E-state index in [-0.39, 0.29) is 0 Å². The van der Waals surface area contributed by atoms with E-state index in [1.165, 1.54) is 0 Å². The number of aliphatic hydroxyl groups is 1. The monoisotopic (exact) mass is 280 g/mol. The minimum Gasteiger partial charge on any atom is -0.496 e. The molecule has 0 fully saturated rings. The smallest absolute Gasteiger partial charge is 0.126 e. The fourth-order valence-corrected chi connectivity index (χ4v) is 2.36. The van der Waals surface area contributed by atoms with Crippen molar-refractivity contribution in [2.45, 2.75) is 18.9 Å². The predicted molar refractivity (Wildman–Crippen MR) is 74.5 cm³/mol. The second kappa shape index (κ2) is 6.08. The van der Waals surface area contributed by atoms with Gasteiger partial charge in [-0.1, -0.05) is 17.7 Å². The van der Waals surface area contributed by atoms with Crippen molar-refractivity contribution in [3.63, 3.8) is 0 Å². The predicted octanol–water partition coefficient (Wildman–Crippen LogP) is 2.75. The number of aliphatic hydroxyl groups excluding tert-OH is 1. The Labute approximate surface area is 117 Å². The quantitative estimate of drug-likeness (QED) is 0.916. The minimum atomic E-state index is -0.649. The van der Waals surface area contributed by atoms with Crippen LogP contribution in [0.2, 0.25) is 5.02 Å². The van der Waals surface area contributed by atoms with Crippen molar-refractivity contribution >= 4 is 11.6 Å². The molecule has 0 aliphatic heterocycles. The van der Waals surface area contributed by atoms with Gasteiger partial charge in [0.25, 0.3) is 0 Å². The Hall–Kier alpha value is -1.52. The zero-order valence-corrected chi connectivity index (χ0v) is 11.8. The maximum Gasteiger partial charge on any atom is 0.126 e. The maximum atomic E-state index is 10.3. The summed E-state index contributed by atoms with van der Waals surface area (Å²) in [5.41, 5.74) is 1.74. The first-order valence-corrected chi connectivity index (χ1v) is 6.47. The Morgan fingerprint density at radius 3 is 2.89 bits per heavy atom. The summed E-state index contributed by atoms with van der Waals surface area (Å²) in [4.78, 5) is 0. The summed E-state index contributed by atoms with van der Waals surface area (Å²) in [6.45, 7) is 0. The van der Waals surface area contributed by atoms with Gasteiger partial charge in [0, 0.05) is 18.8 Å². The molecule has 1 aromatic carbocycles. The lowest BCUT2D eigenvalue weighted by Gasteiger charge is -2.15. The second-order valence-corrected chi connectivity index (χ2v) is 4.84. The molecule has 2 rings (SSSR count). The van der Waals surface area contributed by atoms with E-state index in [9.17, 15) is 5.11 Å². The average Bonchev–Trinajstić information content (AvgIpc) is 2.81. The van der Waals surface area contributed by atoms with Gasteiger partial charge >= 0.3 is 0 Å². The Balaban J connectivity index is 2.09. The molecule has 0 aliphatic rings. The molecule has 0 spiro atoms. The Morgan fingerprint density at radius 2 is 2.26 bits per heavy atom. The summed E-state index contributed by atoms with van der Waals surface area (Å²) in [6, 6.07) is 5.36. The van der Waals surface area contributed by atoms with E-state index in [1.54, 1.807) is 36.2 Å². The van der Waals surface area contributed by atoms with Crippen LogP contribution in [0.5, 0.6) is 5.75 Å². The molecule has 102 valence electrons. The van der Waals surface area contributed by atoms with Crippen LogP contribution in [-0.4, -0.2) is 22.0 Å². The van der Waals surface area contributed by atoms with Crippen LogP contribution >= 0.6 is 11.6 Å². The topological polar surface area (TPSA) is 47.3 Å². The molecule has 1 atom stereocenters. The molecule has 0 amide bonds. The normalized spacial score (nSPS) is 12.4. The molecule has 0 bridgehead atoms. The first kappa shape index (κ1) is 13.9. The number of aryl methyl sites for hydroxylation is 2. The molecular formula is C14H17ClN2O2. The van der Waals surface area contributed by atoms with Crippen molar-refractivity contribution in [3.8, 4) is 5.75 Å². The fourth-order valence-electron chi connectivity index (χ4n) is 2.07. The van der Waals surface area contributed by atoms with Gasteiger partial charge in [0.2, 0.25) is 0 Å². The molecule has 1 heterocycles. The second-order valence-electron chi connectivity index (χ2n) is 4.43. The van der Waals surface area contributed by atoms with E-state index in [4.69, 9.17) is 16.3 Å². The van der Waals surface area contributed by atoms with Crippen LogP contribution in [0.15, 0.2) is 30.6 Å². The van der Waals surface area contributed by atoms with Crippen LogP contribution < -0.4 is 4.74 Å². The molecule has 1 N–H and O–H groups in total. The van der Waals surface area contributed by atoms with E-state index in [0.717, 1.165) is 12.0 Å². The Morgan fingerprint density at radius 1 is 1.47 bits per heavy atom. The summed E-state index contributed by atoms with van der Waals surface area (Å²) >= 11 is 6.13. The highest BCUT2D eigenvalue weighted by molar-refractivity contribution is 6.31. The van der Waals surface area contributed by atoms with E-state index in [1.807, 2.05) is 13.2 Å². The van der Waals surface area contributed by atoms with Crippen molar-refractivity contribution in [2.75, 3.05) is 7.11 Å². The van der Waals surface area contributed by atoms with Gasteiger partial charge in [-0.05, 0) is 30.5 Å². The number of ether oxygens (including phenoxy) is 1. The third-order valence-electron chi connectivity index (χ3n) is 3.03. The summed E-state index contributed by atoms with van der Waals surface area (Å²) in [5.74, 6) is 0.617. The molecule has 0 aliphatic carbocycles. The number of benzene rings is 1. The first-order chi connectivity index (χ1) is 9.11. The molecule has 0 saturated carbocycles. The van der Waals surface area contributed by atoms with Gasteiger partial charge in [-0.2, -0.15) is 5.10 Å². The Kier molecular flexibility index (Phi) is 4.45. The molecule has 19 heavy (non-hydrogen) atoms. The molecule has 5 heteroatoms. The van der Waals surface area contributed by atoms with Crippen LogP contribution in [0.4, 0.5) is 0 Å². The lowest BCUT2D eigenvalue weighted by molar-refractivity contribution is 0.164. The average molecular weight is 281 g/mol. The number of aromatic nitrogens is 2. The van der Waals surface area contributed by atoms with Crippen molar-refractivity contribution < 1.29 is 9.84 Å². The summed E-state index contributed by atoms with van der Waals surface area (Å²) in [7, 11) is 3.44. The highest BCUT2D eigenvalue weighted by Gasteiger charge is 2.17. The van der Waals surface area contributed by atoms with Crippen LogP contribution in [0.25, 0.3) is 0 Å². The lowest BCUT2D eigenvalue weighted by atomic mass is 10.0. The van der Waals surface area contributed by atoms with Gasteiger partial charge < -0.3 is 9.84 Å². The summed E-state index contributed by atoms with van der Waals surface area (Å²) in [5, 5.41) is 14.9. The van der Waals surface area contributed by atoms with Crippen LogP contribution in [0.1, 0.15) is 23.7 Å². The van der Waals surface area contributed by atoms with Gasteiger partial charge in [0.15, 0.2) is 0 Å². The molecule has 0 radical (unpaired) electrons. The fraction of sp³-hybridized carbons (Fsp3) is 0.357. The maximum absolute atomic E-state index is 10.3. The van der Waals surface area contributed by atoms with Crippen LogP contribution in [0, 0.1) is 0 Å². The van der Waals surface area contributed by atoms with Gasteiger partial charge in [-0.3, -0.25) is 4.68 Å². The summed E-state index contributed by atoms with van der Waals surface area (Å²) in [6.07, 6.45) is 4.41. The van der Waals surface area contributed by atoms with E-state index < -0.39 is 6.10 Å². The number of methoxy groups -OCH3 is 1. The lowest BCUT2D eigenvalue weighted by Crippen LogP contribution is -2.03. The summed E-state index contributed by atoms with van der Waals surface area (Å²) < 4.78 is 6.99. The Bertz CT molecular complexity index is 554. The molecular weight excluding hydrogens is 264 g/mol. The van der Waals surface area contributed by atoms with E-state index >= 15 is 0 Å². The zero-order valence-electron chi connectivity index (χ0n) is 11.0. The van der Waals surface area contributed by atoms with Gasteiger partial charge in [-0.25, -0.2) is 0 Å². The highest BCUT2D eigenvalue weighted by Crippen LogP contribution is 2.34. The minimum absolute atomic E-state index is 0.526. The highest BCUT2D eigenvalue weighted by atomic mass is 35.5. The van der Waals surface area contributed by atoms with Crippen LogP contribution in [0.3, 0.4) is 0 Å². The number of hydrogen-bond donors (Lipinski definition) is 1. The van der Waals surface area contributed by atoms with E-state index in [2.05, 4.69) is 5.10 Å². The van der Waals surface area contributed by atoms with Gasteiger partial charge in [0.05, 0.1) is 24.4 Å². The number of halogens is 1. The molecule has 1 aromatic heterocycles. The van der Waals surface area contributed by atoms with Crippen molar-refractivity contribution in [3.05, 3.63) is 46.7 Å². The third-order valence-corrected chi connectivity index (χ3v) is 3.36. The molecule has 0 saturated heterocycles. The van der Waals surface area contributed by atoms with Crippen molar-refractivity contribution in [2.24, 2.45) is 7.05 Å². The van der Waals surface area contributed by atoms with Crippen LogP contribution in [-0.2, 0) is 13.5 Å². The number of rotatable bonds is 5.